The van der Waals surface area contributed by atoms with Crippen molar-refractivity contribution in [3.8, 4) is 5.75 Å². The first kappa shape index (κ1) is 19.2. The molecule has 29 heavy (non-hydrogen) atoms. The highest BCUT2D eigenvalue weighted by Crippen LogP contribution is 2.33. The molecule has 8 nitrogen and oxygen atoms in total. The van der Waals surface area contributed by atoms with Crippen molar-refractivity contribution in [3.05, 3.63) is 42.4 Å². The number of hydrogen-bond acceptors (Lipinski definition) is 6. The van der Waals surface area contributed by atoms with Crippen molar-refractivity contribution in [3.63, 3.8) is 0 Å². The van der Waals surface area contributed by atoms with Crippen molar-refractivity contribution in [1.29, 1.82) is 0 Å². The SMILES string of the molecule is COc1ccccc1N1CC(C(=O)N2CCN(c3ccnc(C)n3)CC2)CC1=O. The number of anilines is 2. The van der Waals surface area contributed by atoms with Crippen LogP contribution in [-0.2, 0) is 9.59 Å². The Morgan fingerprint density at radius 3 is 2.62 bits per heavy atom. The molecule has 1 unspecified atom stereocenters. The third-order valence-electron chi connectivity index (χ3n) is 5.53. The molecule has 0 radical (unpaired) electrons. The molecule has 4 rings (SSSR count). The van der Waals surface area contributed by atoms with Crippen LogP contribution < -0.4 is 14.5 Å². The Morgan fingerprint density at radius 1 is 1.14 bits per heavy atom. The first-order valence-corrected chi connectivity index (χ1v) is 9.83. The summed E-state index contributed by atoms with van der Waals surface area (Å²) in [5.41, 5.74) is 0.722. The Kier molecular flexibility index (Phi) is 5.33. The second kappa shape index (κ2) is 8.06. The van der Waals surface area contributed by atoms with Gasteiger partial charge in [0.05, 0.1) is 18.7 Å². The number of carbonyl (C=O) groups is 2. The molecule has 2 aromatic rings. The first-order valence-electron chi connectivity index (χ1n) is 9.83. The molecule has 2 fully saturated rings. The van der Waals surface area contributed by atoms with Crippen LogP contribution in [0.15, 0.2) is 36.5 Å². The number of rotatable bonds is 4. The fourth-order valence-electron chi connectivity index (χ4n) is 3.99. The van der Waals surface area contributed by atoms with E-state index in [0.29, 0.717) is 25.4 Å². The number of aromatic nitrogens is 2. The van der Waals surface area contributed by atoms with E-state index in [4.69, 9.17) is 4.74 Å². The van der Waals surface area contributed by atoms with Crippen molar-refractivity contribution in [2.45, 2.75) is 13.3 Å². The molecular weight excluding hydrogens is 370 g/mol. The molecule has 1 aromatic carbocycles. The molecule has 2 aliphatic rings. The molecule has 1 atom stereocenters. The molecule has 152 valence electrons. The smallest absolute Gasteiger partial charge is 0.228 e. The summed E-state index contributed by atoms with van der Waals surface area (Å²) < 4.78 is 5.38. The first-order chi connectivity index (χ1) is 14.1. The van der Waals surface area contributed by atoms with Crippen molar-refractivity contribution in [2.75, 3.05) is 49.6 Å². The van der Waals surface area contributed by atoms with E-state index in [-0.39, 0.29) is 24.2 Å². The summed E-state index contributed by atoms with van der Waals surface area (Å²) >= 11 is 0. The molecule has 1 aromatic heterocycles. The van der Waals surface area contributed by atoms with Crippen molar-refractivity contribution < 1.29 is 14.3 Å². The van der Waals surface area contributed by atoms with Gasteiger partial charge in [-0.1, -0.05) is 12.1 Å². The number of hydrogen-bond donors (Lipinski definition) is 0. The third-order valence-corrected chi connectivity index (χ3v) is 5.53. The van der Waals surface area contributed by atoms with Crippen LogP contribution in [0.25, 0.3) is 0 Å². The highest BCUT2D eigenvalue weighted by Gasteiger charge is 2.38. The predicted octanol–water partition coefficient (Wildman–Crippen LogP) is 1.50. The number of aryl methyl sites for hydroxylation is 1. The maximum absolute atomic E-state index is 13.0. The van der Waals surface area contributed by atoms with Gasteiger partial charge in [0.1, 0.15) is 17.4 Å². The molecule has 0 N–H and O–H groups in total. The van der Waals surface area contributed by atoms with Gasteiger partial charge < -0.3 is 19.4 Å². The Hall–Kier alpha value is -3.16. The van der Waals surface area contributed by atoms with Gasteiger partial charge in [0.15, 0.2) is 0 Å². The fraction of sp³-hybridized carbons (Fsp3) is 0.429. The van der Waals surface area contributed by atoms with E-state index in [1.165, 1.54) is 0 Å². The lowest BCUT2D eigenvalue weighted by Gasteiger charge is -2.36. The van der Waals surface area contributed by atoms with E-state index >= 15 is 0 Å². The summed E-state index contributed by atoms with van der Waals surface area (Å²) in [5, 5.41) is 0. The summed E-state index contributed by atoms with van der Waals surface area (Å²) in [7, 11) is 1.58. The zero-order valence-corrected chi connectivity index (χ0v) is 16.7. The monoisotopic (exact) mass is 395 g/mol. The maximum atomic E-state index is 13.0. The van der Waals surface area contributed by atoms with Crippen molar-refractivity contribution in [2.24, 2.45) is 5.92 Å². The largest absolute Gasteiger partial charge is 0.495 e. The number of ether oxygens (including phenoxy) is 1. The van der Waals surface area contributed by atoms with Crippen LogP contribution in [0.2, 0.25) is 0 Å². The second-order valence-corrected chi connectivity index (χ2v) is 7.35. The summed E-state index contributed by atoms with van der Waals surface area (Å²) in [5.74, 6) is 1.96. The standard InChI is InChI=1S/C21H25N5O3/c1-15-22-8-7-19(23-15)24-9-11-25(12-10-24)21(28)16-13-20(27)26(14-16)17-5-3-4-6-18(17)29-2/h3-8,16H,9-14H2,1-2H3. The van der Waals surface area contributed by atoms with Crippen LogP contribution in [0, 0.1) is 12.8 Å². The minimum Gasteiger partial charge on any atom is -0.495 e. The second-order valence-electron chi connectivity index (χ2n) is 7.35. The van der Waals surface area contributed by atoms with Gasteiger partial charge in [-0.15, -0.1) is 0 Å². The topological polar surface area (TPSA) is 78.9 Å². The Bertz CT molecular complexity index is 911. The molecule has 0 spiro atoms. The Balaban J connectivity index is 1.39. The van der Waals surface area contributed by atoms with E-state index in [0.717, 1.165) is 30.4 Å². The quantitative estimate of drug-likeness (QED) is 0.781. The molecule has 2 amide bonds. The number of piperazine rings is 1. The molecule has 2 saturated heterocycles. The van der Waals surface area contributed by atoms with Crippen LogP contribution >= 0.6 is 0 Å². The van der Waals surface area contributed by atoms with Gasteiger partial charge >= 0.3 is 0 Å². The molecule has 8 heteroatoms. The predicted molar refractivity (Wildman–Crippen MR) is 109 cm³/mol. The van der Waals surface area contributed by atoms with Crippen LogP contribution in [0.3, 0.4) is 0 Å². The van der Waals surface area contributed by atoms with E-state index in [9.17, 15) is 9.59 Å². The normalized spacial score (nSPS) is 19.6. The van der Waals surface area contributed by atoms with Crippen molar-refractivity contribution >= 4 is 23.3 Å². The van der Waals surface area contributed by atoms with Gasteiger partial charge in [0.2, 0.25) is 11.8 Å². The summed E-state index contributed by atoms with van der Waals surface area (Å²) in [6, 6.07) is 9.31. The number of methoxy groups -OCH3 is 1. The average Bonchev–Trinajstić information content (AvgIpc) is 3.14. The molecular formula is C21H25N5O3. The molecule has 3 heterocycles. The highest BCUT2D eigenvalue weighted by atomic mass is 16.5. The number of para-hydroxylation sites is 2. The van der Waals surface area contributed by atoms with Crippen molar-refractivity contribution in [1.82, 2.24) is 14.9 Å². The van der Waals surface area contributed by atoms with Crippen LogP contribution in [0.4, 0.5) is 11.5 Å². The van der Waals surface area contributed by atoms with Crippen LogP contribution in [-0.4, -0.2) is 66.5 Å². The third kappa shape index (κ3) is 3.87. The maximum Gasteiger partial charge on any atom is 0.228 e. The number of carbonyl (C=O) groups excluding carboxylic acids is 2. The van der Waals surface area contributed by atoms with E-state index in [1.54, 1.807) is 18.2 Å². The van der Waals surface area contributed by atoms with Gasteiger partial charge in [-0.3, -0.25) is 9.59 Å². The van der Waals surface area contributed by atoms with E-state index in [2.05, 4.69) is 14.9 Å². The number of nitrogens with zero attached hydrogens (tertiary/aromatic N) is 5. The summed E-state index contributed by atoms with van der Waals surface area (Å²) in [4.78, 5) is 39.9. The molecule has 0 aliphatic carbocycles. The lowest BCUT2D eigenvalue weighted by Crippen LogP contribution is -2.51. The average molecular weight is 395 g/mol. The minimum absolute atomic E-state index is 0.0389. The van der Waals surface area contributed by atoms with Crippen LogP contribution in [0.1, 0.15) is 12.2 Å². The molecule has 0 bridgehead atoms. The van der Waals surface area contributed by atoms with E-state index in [1.807, 2.05) is 42.2 Å². The minimum atomic E-state index is -0.319. The zero-order valence-electron chi connectivity index (χ0n) is 16.7. The van der Waals surface area contributed by atoms with Gasteiger partial charge in [-0.05, 0) is 25.1 Å². The lowest BCUT2D eigenvalue weighted by molar-refractivity contribution is -0.136. The fourth-order valence-corrected chi connectivity index (χ4v) is 3.99. The molecule has 0 saturated carbocycles. The highest BCUT2D eigenvalue weighted by molar-refractivity contribution is 6.01. The Labute approximate surface area is 170 Å². The lowest BCUT2D eigenvalue weighted by atomic mass is 10.1. The molecule has 2 aliphatic heterocycles. The summed E-state index contributed by atoms with van der Waals surface area (Å²) in [6.45, 7) is 4.96. The zero-order chi connectivity index (χ0) is 20.4. The number of benzene rings is 1. The Morgan fingerprint density at radius 2 is 1.90 bits per heavy atom. The van der Waals surface area contributed by atoms with Gasteiger partial charge in [0, 0.05) is 45.3 Å². The van der Waals surface area contributed by atoms with Gasteiger partial charge in [-0.25, -0.2) is 9.97 Å². The number of amides is 2. The summed E-state index contributed by atoms with van der Waals surface area (Å²) in [6.07, 6.45) is 1.99. The van der Waals surface area contributed by atoms with E-state index < -0.39 is 0 Å². The van der Waals surface area contributed by atoms with Crippen LogP contribution in [0.5, 0.6) is 5.75 Å². The van der Waals surface area contributed by atoms with Gasteiger partial charge in [0.25, 0.3) is 0 Å². The van der Waals surface area contributed by atoms with Gasteiger partial charge in [-0.2, -0.15) is 0 Å².